The summed E-state index contributed by atoms with van der Waals surface area (Å²) in [6.07, 6.45) is 3.14. The van der Waals surface area contributed by atoms with Crippen LogP contribution in [0, 0.1) is 0 Å². The van der Waals surface area contributed by atoms with Crippen LogP contribution in [-0.4, -0.2) is 15.8 Å². The Morgan fingerprint density at radius 2 is 2.27 bits per heavy atom. The lowest BCUT2D eigenvalue weighted by Gasteiger charge is -2.02. The third kappa shape index (κ3) is 1.40. The van der Waals surface area contributed by atoms with Crippen LogP contribution >= 0.6 is 15.9 Å². The highest BCUT2D eigenvalue weighted by molar-refractivity contribution is 9.10. The summed E-state index contributed by atoms with van der Waals surface area (Å²) in [4.78, 5) is 15.2. The predicted octanol–water partition coefficient (Wildman–Crippen LogP) is 2.95. The summed E-state index contributed by atoms with van der Waals surface area (Å²) in [5.74, 6) is 0.547. The highest BCUT2D eigenvalue weighted by Gasteiger charge is 2.27. The third-order valence-electron chi connectivity index (χ3n) is 2.70. The molecule has 1 saturated carbocycles. The van der Waals surface area contributed by atoms with Crippen molar-refractivity contribution in [2.75, 3.05) is 0 Å². The summed E-state index contributed by atoms with van der Waals surface area (Å²) in [6, 6.07) is 6.38. The Morgan fingerprint density at radius 3 is 2.93 bits per heavy atom. The number of carbonyl (C=O) groups excluding carboxylic acids is 1. The molecule has 15 heavy (non-hydrogen) atoms. The Morgan fingerprint density at radius 1 is 1.47 bits per heavy atom. The van der Waals surface area contributed by atoms with E-state index in [-0.39, 0.29) is 0 Å². The minimum Gasteiger partial charge on any atom is -0.319 e. The van der Waals surface area contributed by atoms with Gasteiger partial charge in [-0.3, -0.25) is 4.79 Å². The normalized spacial score (nSPS) is 15.8. The molecule has 3 nitrogen and oxygen atoms in total. The summed E-state index contributed by atoms with van der Waals surface area (Å²) in [5, 5.41) is 0. The zero-order chi connectivity index (χ0) is 10.4. The SMILES string of the molecule is O=Cc1nc2ccc(Br)cc2n1C1CC1. The minimum atomic E-state index is 0.476. The van der Waals surface area contributed by atoms with E-state index in [0.717, 1.165) is 34.6 Å². The molecule has 1 aromatic heterocycles. The van der Waals surface area contributed by atoms with Crippen molar-refractivity contribution in [3.05, 3.63) is 28.5 Å². The molecule has 1 fully saturated rings. The lowest BCUT2D eigenvalue weighted by atomic mass is 10.3. The number of rotatable bonds is 2. The summed E-state index contributed by atoms with van der Waals surface area (Å²) in [5.41, 5.74) is 1.95. The molecule has 1 heterocycles. The van der Waals surface area contributed by atoms with Crippen LogP contribution in [0.3, 0.4) is 0 Å². The first-order chi connectivity index (χ1) is 7.29. The zero-order valence-corrected chi connectivity index (χ0v) is 9.57. The first-order valence-electron chi connectivity index (χ1n) is 4.92. The topological polar surface area (TPSA) is 34.9 Å². The van der Waals surface area contributed by atoms with Crippen molar-refractivity contribution in [1.29, 1.82) is 0 Å². The Labute approximate surface area is 95.2 Å². The number of carbonyl (C=O) groups is 1. The first-order valence-corrected chi connectivity index (χ1v) is 5.71. The molecule has 2 aromatic rings. The third-order valence-corrected chi connectivity index (χ3v) is 3.19. The van der Waals surface area contributed by atoms with Crippen molar-refractivity contribution < 1.29 is 4.79 Å². The fourth-order valence-electron chi connectivity index (χ4n) is 1.88. The number of hydrogen-bond donors (Lipinski definition) is 0. The first kappa shape index (κ1) is 9.09. The Balaban J connectivity index is 2.34. The predicted molar refractivity (Wildman–Crippen MR) is 61.1 cm³/mol. The van der Waals surface area contributed by atoms with Crippen LogP contribution in [0.2, 0.25) is 0 Å². The molecular formula is C11H9BrN2O. The molecule has 4 heteroatoms. The molecule has 0 N–H and O–H groups in total. The lowest BCUT2D eigenvalue weighted by molar-refractivity contribution is 0.111. The summed E-state index contributed by atoms with van der Waals surface area (Å²) >= 11 is 3.44. The molecule has 0 saturated heterocycles. The molecule has 0 aliphatic heterocycles. The van der Waals surface area contributed by atoms with Crippen LogP contribution in [0.1, 0.15) is 29.5 Å². The van der Waals surface area contributed by atoms with Gasteiger partial charge in [-0.1, -0.05) is 15.9 Å². The van der Waals surface area contributed by atoms with Crippen molar-refractivity contribution in [2.24, 2.45) is 0 Å². The Kier molecular flexibility index (Phi) is 1.92. The lowest BCUT2D eigenvalue weighted by Crippen LogP contribution is -1.99. The fraction of sp³-hybridized carbons (Fsp3) is 0.273. The van der Waals surface area contributed by atoms with Gasteiger partial charge in [-0.15, -0.1) is 0 Å². The van der Waals surface area contributed by atoms with Gasteiger partial charge in [0.1, 0.15) is 0 Å². The molecule has 3 rings (SSSR count). The van der Waals surface area contributed by atoms with Crippen LogP contribution in [-0.2, 0) is 0 Å². The van der Waals surface area contributed by atoms with Crippen LogP contribution in [0.25, 0.3) is 11.0 Å². The molecule has 0 bridgehead atoms. The summed E-state index contributed by atoms with van der Waals surface area (Å²) in [6.45, 7) is 0. The second-order valence-corrected chi connectivity index (χ2v) is 4.74. The van der Waals surface area contributed by atoms with Crippen LogP contribution < -0.4 is 0 Å². The minimum absolute atomic E-state index is 0.476. The average molecular weight is 265 g/mol. The molecule has 0 amide bonds. The van der Waals surface area contributed by atoms with Crippen molar-refractivity contribution in [3.63, 3.8) is 0 Å². The molecular weight excluding hydrogens is 256 g/mol. The van der Waals surface area contributed by atoms with Gasteiger partial charge in [0, 0.05) is 10.5 Å². The maximum Gasteiger partial charge on any atom is 0.185 e. The van der Waals surface area contributed by atoms with E-state index in [1.807, 2.05) is 22.8 Å². The van der Waals surface area contributed by atoms with E-state index in [1.165, 1.54) is 0 Å². The van der Waals surface area contributed by atoms with Gasteiger partial charge in [-0.2, -0.15) is 0 Å². The Hall–Kier alpha value is -1.16. The van der Waals surface area contributed by atoms with Gasteiger partial charge < -0.3 is 4.57 Å². The second-order valence-electron chi connectivity index (χ2n) is 3.82. The van der Waals surface area contributed by atoms with E-state index in [1.54, 1.807) is 0 Å². The number of benzene rings is 1. The van der Waals surface area contributed by atoms with Gasteiger partial charge in [0.15, 0.2) is 12.1 Å². The van der Waals surface area contributed by atoms with Gasteiger partial charge >= 0.3 is 0 Å². The van der Waals surface area contributed by atoms with E-state index in [0.29, 0.717) is 11.9 Å². The smallest absolute Gasteiger partial charge is 0.185 e. The maximum absolute atomic E-state index is 10.9. The standard InChI is InChI=1S/C11H9BrN2O/c12-7-1-4-9-10(5-7)14(8-2-3-8)11(6-15)13-9/h1,4-6,8H,2-3H2. The van der Waals surface area contributed by atoms with Crippen molar-refractivity contribution in [1.82, 2.24) is 9.55 Å². The maximum atomic E-state index is 10.9. The largest absolute Gasteiger partial charge is 0.319 e. The van der Waals surface area contributed by atoms with Crippen LogP contribution in [0.5, 0.6) is 0 Å². The van der Waals surface area contributed by atoms with Crippen LogP contribution in [0.15, 0.2) is 22.7 Å². The van der Waals surface area contributed by atoms with Crippen molar-refractivity contribution >= 4 is 33.2 Å². The number of halogens is 1. The fourth-order valence-corrected chi connectivity index (χ4v) is 2.23. The molecule has 0 atom stereocenters. The van der Waals surface area contributed by atoms with E-state index in [9.17, 15) is 4.79 Å². The monoisotopic (exact) mass is 264 g/mol. The van der Waals surface area contributed by atoms with E-state index in [2.05, 4.69) is 20.9 Å². The number of aromatic nitrogens is 2. The number of fused-ring (bicyclic) bond motifs is 1. The van der Waals surface area contributed by atoms with Gasteiger partial charge in [-0.05, 0) is 31.0 Å². The molecule has 76 valence electrons. The van der Waals surface area contributed by atoms with E-state index < -0.39 is 0 Å². The quantitative estimate of drug-likeness (QED) is 0.782. The van der Waals surface area contributed by atoms with Crippen molar-refractivity contribution in [3.8, 4) is 0 Å². The number of nitrogens with zero attached hydrogens (tertiary/aromatic N) is 2. The van der Waals surface area contributed by atoms with Gasteiger partial charge in [0.05, 0.1) is 11.0 Å². The molecule has 1 aliphatic carbocycles. The molecule has 1 aromatic carbocycles. The molecule has 0 unspecified atom stereocenters. The number of hydrogen-bond acceptors (Lipinski definition) is 2. The molecule has 1 aliphatic rings. The summed E-state index contributed by atoms with van der Waals surface area (Å²) < 4.78 is 3.07. The summed E-state index contributed by atoms with van der Waals surface area (Å²) in [7, 11) is 0. The highest BCUT2D eigenvalue weighted by atomic mass is 79.9. The van der Waals surface area contributed by atoms with Gasteiger partial charge in [0.25, 0.3) is 0 Å². The zero-order valence-electron chi connectivity index (χ0n) is 7.98. The average Bonchev–Trinajstić information content (AvgIpc) is 2.99. The highest BCUT2D eigenvalue weighted by Crippen LogP contribution is 2.38. The van der Waals surface area contributed by atoms with Gasteiger partial charge in [0.2, 0.25) is 0 Å². The number of imidazole rings is 1. The molecule has 0 spiro atoms. The number of aldehydes is 1. The second kappa shape index (κ2) is 3.17. The molecule has 0 radical (unpaired) electrons. The van der Waals surface area contributed by atoms with Gasteiger partial charge in [-0.25, -0.2) is 4.98 Å². The van der Waals surface area contributed by atoms with E-state index >= 15 is 0 Å². The van der Waals surface area contributed by atoms with E-state index in [4.69, 9.17) is 0 Å². The van der Waals surface area contributed by atoms with Crippen molar-refractivity contribution in [2.45, 2.75) is 18.9 Å². The Bertz CT molecular complexity index is 543. The van der Waals surface area contributed by atoms with Crippen LogP contribution in [0.4, 0.5) is 0 Å².